The molecule has 0 aliphatic carbocycles. The fraction of sp³-hybridized carbons (Fsp3) is 0.615. The highest BCUT2D eigenvalue weighted by molar-refractivity contribution is 6.38. The highest BCUT2D eigenvalue weighted by atomic mass is 16.5. The minimum atomic E-state index is -1.05. The Morgan fingerprint density at radius 2 is 1.59 bits per heavy atom. The van der Waals surface area contributed by atoms with Gasteiger partial charge in [-0.25, -0.2) is 0 Å². The zero-order valence-electron chi connectivity index (χ0n) is 21.0. The van der Waals surface area contributed by atoms with Crippen LogP contribution in [-0.4, -0.2) is 54.3 Å². The molecule has 2 atom stereocenters. The van der Waals surface area contributed by atoms with Gasteiger partial charge in [0.25, 0.3) is 5.91 Å². The molecule has 0 radical (unpaired) electrons. The molecule has 1 heterocycles. The zero-order chi connectivity index (χ0) is 25.3. The van der Waals surface area contributed by atoms with E-state index in [0.29, 0.717) is 32.5 Å². The number of amides is 3. The van der Waals surface area contributed by atoms with Gasteiger partial charge in [0, 0.05) is 31.1 Å². The lowest BCUT2D eigenvalue weighted by Gasteiger charge is -2.27. The Balaban J connectivity index is 2.18. The van der Waals surface area contributed by atoms with E-state index in [9.17, 15) is 19.2 Å². The first-order valence-electron chi connectivity index (χ1n) is 12.0. The Morgan fingerprint density at radius 1 is 0.971 bits per heavy atom. The number of nitrogens with one attached hydrogen (secondary N) is 3. The largest absolute Gasteiger partial charge is 0.381 e. The SMILES string of the molecule is CC(C)C[C@H](NC(=O)C1CCOCC1)C(=O)NC(Cc1ccccc1)C(=O)C(=O)NC(C)(C)C. The van der Waals surface area contributed by atoms with E-state index in [1.54, 1.807) is 20.8 Å². The number of Topliss-reactive ketones (excluding diaryl/α,β-unsaturated/α-hetero) is 1. The first-order valence-corrected chi connectivity index (χ1v) is 12.0. The Morgan fingerprint density at radius 3 is 2.15 bits per heavy atom. The second-order valence-electron chi connectivity index (χ2n) is 10.4. The van der Waals surface area contributed by atoms with Gasteiger partial charge in [0.1, 0.15) is 12.1 Å². The van der Waals surface area contributed by atoms with Gasteiger partial charge in [0.15, 0.2) is 0 Å². The molecule has 2 rings (SSSR count). The van der Waals surface area contributed by atoms with E-state index in [-0.39, 0.29) is 24.2 Å². The van der Waals surface area contributed by atoms with Crippen molar-refractivity contribution in [2.45, 2.75) is 77.9 Å². The van der Waals surface area contributed by atoms with Crippen molar-refractivity contribution in [1.82, 2.24) is 16.0 Å². The van der Waals surface area contributed by atoms with Crippen molar-refractivity contribution in [3.8, 4) is 0 Å². The third-order valence-electron chi connectivity index (χ3n) is 5.56. The van der Waals surface area contributed by atoms with Crippen LogP contribution in [0.4, 0.5) is 0 Å². The first-order chi connectivity index (χ1) is 16.0. The van der Waals surface area contributed by atoms with Gasteiger partial charge in [-0.15, -0.1) is 0 Å². The number of rotatable bonds is 10. The average molecular weight is 474 g/mol. The minimum Gasteiger partial charge on any atom is -0.381 e. The lowest BCUT2D eigenvalue weighted by Crippen LogP contribution is -2.56. The maximum absolute atomic E-state index is 13.3. The summed E-state index contributed by atoms with van der Waals surface area (Å²) in [5.41, 5.74) is 0.225. The van der Waals surface area contributed by atoms with Crippen LogP contribution in [0, 0.1) is 11.8 Å². The molecule has 1 unspecified atom stereocenters. The van der Waals surface area contributed by atoms with Crippen LogP contribution in [0.1, 0.15) is 59.4 Å². The van der Waals surface area contributed by atoms with Gasteiger partial charge in [0.05, 0.1) is 0 Å². The number of benzene rings is 1. The van der Waals surface area contributed by atoms with E-state index in [1.807, 2.05) is 44.2 Å². The normalized spacial score (nSPS) is 16.4. The number of hydrogen-bond donors (Lipinski definition) is 3. The fourth-order valence-electron chi connectivity index (χ4n) is 3.84. The van der Waals surface area contributed by atoms with Crippen molar-refractivity contribution in [3.05, 3.63) is 35.9 Å². The van der Waals surface area contributed by atoms with Crippen molar-refractivity contribution in [2.75, 3.05) is 13.2 Å². The van der Waals surface area contributed by atoms with Gasteiger partial charge in [-0.3, -0.25) is 19.2 Å². The number of ether oxygens (including phenoxy) is 1. The van der Waals surface area contributed by atoms with E-state index < -0.39 is 35.2 Å². The van der Waals surface area contributed by atoms with Gasteiger partial charge in [-0.1, -0.05) is 44.2 Å². The Hall–Kier alpha value is -2.74. The van der Waals surface area contributed by atoms with Crippen LogP contribution in [0.2, 0.25) is 0 Å². The smallest absolute Gasteiger partial charge is 0.290 e. The van der Waals surface area contributed by atoms with Crippen LogP contribution in [-0.2, 0) is 30.3 Å². The van der Waals surface area contributed by atoms with Gasteiger partial charge < -0.3 is 20.7 Å². The molecule has 1 aliphatic heterocycles. The zero-order valence-corrected chi connectivity index (χ0v) is 21.0. The summed E-state index contributed by atoms with van der Waals surface area (Å²) >= 11 is 0. The molecule has 1 aromatic carbocycles. The van der Waals surface area contributed by atoms with E-state index >= 15 is 0 Å². The number of carbonyl (C=O) groups excluding carboxylic acids is 4. The van der Waals surface area contributed by atoms with Crippen LogP contribution >= 0.6 is 0 Å². The van der Waals surface area contributed by atoms with Crippen LogP contribution in [0.25, 0.3) is 0 Å². The molecule has 8 heteroatoms. The third-order valence-corrected chi connectivity index (χ3v) is 5.56. The topological polar surface area (TPSA) is 114 Å². The third kappa shape index (κ3) is 9.25. The van der Waals surface area contributed by atoms with E-state index in [4.69, 9.17) is 4.74 Å². The summed E-state index contributed by atoms with van der Waals surface area (Å²) in [4.78, 5) is 51.7. The van der Waals surface area contributed by atoms with Crippen molar-refractivity contribution < 1.29 is 23.9 Å². The molecule has 3 amide bonds. The molecule has 34 heavy (non-hydrogen) atoms. The number of carbonyl (C=O) groups is 4. The van der Waals surface area contributed by atoms with E-state index in [2.05, 4.69) is 16.0 Å². The second-order valence-corrected chi connectivity index (χ2v) is 10.4. The minimum absolute atomic E-state index is 0.137. The molecule has 1 aliphatic rings. The molecular weight excluding hydrogens is 434 g/mol. The predicted molar refractivity (Wildman–Crippen MR) is 130 cm³/mol. The lowest BCUT2D eigenvalue weighted by molar-refractivity contribution is -0.141. The quantitative estimate of drug-likeness (QED) is 0.451. The van der Waals surface area contributed by atoms with Crippen molar-refractivity contribution >= 4 is 23.5 Å². The molecule has 1 aromatic rings. The van der Waals surface area contributed by atoms with E-state index in [0.717, 1.165) is 5.56 Å². The van der Waals surface area contributed by atoms with Gasteiger partial charge >= 0.3 is 0 Å². The lowest BCUT2D eigenvalue weighted by atomic mass is 9.96. The maximum Gasteiger partial charge on any atom is 0.290 e. The number of ketones is 1. The molecular formula is C26H39N3O5. The summed E-state index contributed by atoms with van der Waals surface area (Å²) in [6.07, 6.45) is 1.82. The van der Waals surface area contributed by atoms with E-state index in [1.165, 1.54) is 0 Å². The molecule has 0 aromatic heterocycles. The van der Waals surface area contributed by atoms with Crippen LogP contribution < -0.4 is 16.0 Å². The van der Waals surface area contributed by atoms with Gasteiger partial charge in [-0.2, -0.15) is 0 Å². The predicted octanol–water partition coefficient (Wildman–Crippen LogP) is 2.16. The Kier molecular flexibility index (Phi) is 10.2. The highest BCUT2D eigenvalue weighted by Gasteiger charge is 2.33. The van der Waals surface area contributed by atoms with Crippen molar-refractivity contribution in [3.63, 3.8) is 0 Å². The summed E-state index contributed by atoms with van der Waals surface area (Å²) in [6, 6.07) is 7.36. The standard InChI is InChI=1S/C26H39N3O5/c1-17(2)15-21(28-23(31)19-11-13-34-14-12-19)24(32)27-20(16-18-9-7-6-8-10-18)22(30)25(33)29-26(3,4)5/h6-10,17,19-21H,11-16H2,1-5H3,(H,27,32)(H,28,31)(H,29,33)/t20?,21-/m0/s1. The van der Waals surface area contributed by atoms with Gasteiger partial charge in [-0.05, 0) is 51.5 Å². The highest BCUT2D eigenvalue weighted by Crippen LogP contribution is 2.16. The summed E-state index contributed by atoms with van der Waals surface area (Å²) in [6.45, 7) is 10.3. The number of hydrogen-bond acceptors (Lipinski definition) is 5. The molecule has 0 saturated carbocycles. The molecule has 3 N–H and O–H groups in total. The van der Waals surface area contributed by atoms with Crippen LogP contribution in [0.15, 0.2) is 30.3 Å². The molecule has 188 valence electrons. The molecule has 0 bridgehead atoms. The van der Waals surface area contributed by atoms with Crippen LogP contribution in [0.5, 0.6) is 0 Å². The molecule has 0 spiro atoms. The summed E-state index contributed by atoms with van der Waals surface area (Å²) in [5.74, 6) is -2.17. The first kappa shape index (κ1) is 27.5. The van der Waals surface area contributed by atoms with Crippen LogP contribution in [0.3, 0.4) is 0 Å². The summed E-state index contributed by atoms with van der Waals surface area (Å²) < 4.78 is 5.32. The molecule has 1 fully saturated rings. The monoisotopic (exact) mass is 473 g/mol. The Labute approximate surface area is 202 Å². The second kappa shape index (κ2) is 12.6. The maximum atomic E-state index is 13.3. The van der Waals surface area contributed by atoms with Crippen molar-refractivity contribution in [1.29, 1.82) is 0 Å². The summed E-state index contributed by atoms with van der Waals surface area (Å²) in [5, 5.41) is 8.31. The fourth-order valence-corrected chi connectivity index (χ4v) is 3.84. The average Bonchev–Trinajstić information content (AvgIpc) is 2.77. The van der Waals surface area contributed by atoms with Crippen molar-refractivity contribution in [2.24, 2.45) is 11.8 Å². The summed E-state index contributed by atoms with van der Waals surface area (Å²) in [7, 11) is 0. The van der Waals surface area contributed by atoms with Gasteiger partial charge in [0.2, 0.25) is 17.6 Å². The molecule has 8 nitrogen and oxygen atoms in total. The molecule has 1 saturated heterocycles. The Bertz CT molecular complexity index is 842.